The first-order valence-corrected chi connectivity index (χ1v) is 15.8. The number of aliphatic carboxylic acids is 1. The van der Waals surface area contributed by atoms with Gasteiger partial charge in [-0.1, -0.05) is 84.9 Å². The smallest absolute Gasteiger partial charge is 0.407 e. The van der Waals surface area contributed by atoms with Gasteiger partial charge < -0.3 is 25.8 Å². The highest BCUT2D eigenvalue weighted by molar-refractivity contribution is 7.98. The summed E-state index contributed by atoms with van der Waals surface area (Å²) >= 11 is 1.51. The molecule has 4 N–H and O–H groups in total. The van der Waals surface area contributed by atoms with Crippen molar-refractivity contribution in [2.75, 3.05) is 18.6 Å². The van der Waals surface area contributed by atoms with Crippen LogP contribution in [-0.2, 0) is 25.5 Å². The summed E-state index contributed by atoms with van der Waals surface area (Å²) in [5.74, 6) is -2.00. The fraction of sp³-hybridized carbons (Fsp3) is 0.294. The number of alkyl carbamates (subject to hydrolysis) is 1. The lowest BCUT2D eigenvalue weighted by molar-refractivity contribution is -0.142. The minimum absolute atomic E-state index is 0.0649. The SMILES string of the molecule is C=CCC(NC(=O)C(CCSC)NC(=O)OCC1c2ccccc2-c2ccccc21)C(=O)NC(Cc1ccccc1)C(=O)O. The molecule has 0 heterocycles. The van der Waals surface area contributed by atoms with E-state index in [2.05, 4.69) is 22.5 Å². The van der Waals surface area contributed by atoms with Crippen molar-refractivity contribution in [1.29, 1.82) is 0 Å². The van der Waals surface area contributed by atoms with Crippen molar-refractivity contribution in [3.05, 3.63) is 108 Å². The Kier molecular flexibility index (Phi) is 11.6. The molecule has 1 aliphatic carbocycles. The van der Waals surface area contributed by atoms with Crippen molar-refractivity contribution < 1.29 is 29.0 Å². The van der Waals surface area contributed by atoms with E-state index < -0.39 is 42.0 Å². The van der Waals surface area contributed by atoms with E-state index in [1.54, 1.807) is 24.3 Å². The van der Waals surface area contributed by atoms with Gasteiger partial charge in [-0.2, -0.15) is 11.8 Å². The molecule has 9 nitrogen and oxygen atoms in total. The molecule has 0 spiro atoms. The lowest BCUT2D eigenvalue weighted by Crippen LogP contribution is -2.56. The van der Waals surface area contributed by atoms with Crippen LogP contribution in [0.5, 0.6) is 0 Å². The molecule has 3 unspecified atom stereocenters. The number of hydrogen-bond donors (Lipinski definition) is 4. The average Bonchev–Trinajstić information content (AvgIpc) is 3.35. The summed E-state index contributed by atoms with van der Waals surface area (Å²) in [5, 5.41) is 17.6. The number of benzene rings is 3. The highest BCUT2D eigenvalue weighted by Gasteiger charge is 2.31. The van der Waals surface area contributed by atoms with Crippen LogP contribution in [-0.4, -0.2) is 65.7 Å². The molecule has 3 amide bonds. The van der Waals surface area contributed by atoms with E-state index in [4.69, 9.17) is 4.74 Å². The lowest BCUT2D eigenvalue weighted by Gasteiger charge is -2.24. The summed E-state index contributed by atoms with van der Waals surface area (Å²) in [7, 11) is 0. The Morgan fingerprint density at radius 3 is 2.00 bits per heavy atom. The molecule has 3 aromatic carbocycles. The zero-order valence-corrected chi connectivity index (χ0v) is 25.3. The zero-order chi connectivity index (χ0) is 31.5. The Labute approximate surface area is 261 Å². The summed E-state index contributed by atoms with van der Waals surface area (Å²) in [6.07, 6.45) is 3.05. The number of thioether (sulfide) groups is 1. The second kappa shape index (κ2) is 15.8. The number of rotatable bonds is 15. The van der Waals surface area contributed by atoms with Crippen molar-refractivity contribution in [3.63, 3.8) is 0 Å². The van der Waals surface area contributed by atoms with E-state index in [0.29, 0.717) is 12.2 Å². The minimum atomic E-state index is -1.19. The predicted octanol–water partition coefficient (Wildman–Crippen LogP) is 4.52. The molecule has 10 heteroatoms. The van der Waals surface area contributed by atoms with Crippen LogP contribution in [0.4, 0.5) is 4.79 Å². The van der Waals surface area contributed by atoms with Gasteiger partial charge in [0.25, 0.3) is 0 Å². The number of carboxylic acids is 1. The predicted molar refractivity (Wildman–Crippen MR) is 171 cm³/mol. The molecule has 0 aromatic heterocycles. The molecule has 0 saturated heterocycles. The van der Waals surface area contributed by atoms with E-state index in [9.17, 15) is 24.3 Å². The summed E-state index contributed by atoms with van der Waals surface area (Å²) < 4.78 is 5.64. The molecule has 0 saturated carbocycles. The first-order chi connectivity index (χ1) is 21.3. The number of hydrogen-bond acceptors (Lipinski definition) is 6. The molecular weight excluding hydrogens is 578 g/mol. The number of carbonyl (C=O) groups is 4. The number of ether oxygens (including phenoxy) is 1. The van der Waals surface area contributed by atoms with E-state index >= 15 is 0 Å². The van der Waals surface area contributed by atoms with Gasteiger partial charge >= 0.3 is 12.1 Å². The van der Waals surface area contributed by atoms with Crippen molar-refractivity contribution in [3.8, 4) is 11.1 Å². The molecule has 44 heavy (non-hydrogen) atoms. The topological polar surface area (TPSA) is 134 Å². The van der Waals surface area contributed by atoms with Crippen molar-refractivity contribution in [2.45, 2.75) is 43.3 Å². The number of carbonyl (C=O) groups excluding carboxylic acids is 3. The molecule has 3 aromatic rings. The second-order valence-electron chi connectivity index (χ2n) is 10.5. The highest BCUT2D eigenvalue weighted by atomic mass is 32.2. The van der Waals surface area contributed by atoms with Gasteiger partial charge in [-0.05, 0) is 52.7 Å². The van der Waals surface area contributed by atoms with Gasteiger partial charge in [0.1, 0.15) is 24.7 Å². The molecule has 0 aliphatic heterocycles. The Morgan fingerprint density at radius 1 is 0.841 bits per heavy atom. The van der Waals surface area contributed by atoms with Gasteiger partial charge in [-0.3, -0.25) is 9.59 Å². The molecule has 3 atom stereocenters. The fourth-order valence-corrected chi connectivity index (χ4v) is 5.75. The number of carboxylic acid groups (broad SMARTS) is 1. The third kappa shape index (κ3) is 8.29. The minimum Gasteiger partial charge on any atom is -0.480 e. The number of fused-ring (bicyclic) bond motifs is 3. The first kappa shape index (κ1) is 32.3. The van der Waals surface area contributed by atoms with E-state index in [0.717, 1.165) is 27.8 Å². The maximum absolute atomic E-state index is 13.4. The van der Waals surface area contributed by atoms with Crippen molar-refractivity contribution >= 4 is 35.6 Å². The van der Waals surface area contributed by atoms with Crippen LogP contribution in [0.25, 0.3) is 11.1 Å². The molecule has 0 bridgehead atoms. The zero-order valence-electron chi connectivity index (χ0n) is 24.5. The van der Waals surface area contributed by atoms with Crippen LogP contribution < -0.4 is 16.0 Å². The van der Waals surface area contributed by atoms with E-state index in [-0.39, 0.29) is 25.4 Å². The standard InChI is InChI=1S/C34H37N3O6S/c1-3-11-28(31(38)36-30(33(40)41)20-22-12-5-4-6-13-22)35-32(39)29(18-19-44-2)37-34(42)43-21-27-25-16-9-7-14-23(25)24-15-8-10-17-26(24)27/h3-10,12-17,27-30H,1,11,18-21H2,2H3,(H,35,39)(H,36,38)(H,37,42)(H,40,41). The normalized spacial score (nSPS) is 13.8. The maximum atomic E-state index is 13.4. The van der Waals surface area contributed by atoms with Crippen LogP contribution in [0, 0.1) is 0 Å². The van der Waals surface area contributed by atoms with Crippen LogP contribution in [0.3, 0.4) is 0 Å². The summed E-state index contributed by atoms with van der Waals surface area (Å²) in [5.41, 5.74) is 5.10. The van der Waals surface area contributed by atoms with Gasteiger partial charge in [0.2, 0.25) is 11.8 Å². The fourth-order valence-electron chi connectivity index (χ4n) is 5.28. The Balaban J connectivity index is 1.39. The summed E-state index contributed by atoms with van der Waals surface area (Å²) in [6.45, 7) is 3.76. The van der Waals surface area contributed by atoms with E-state index in [1.165, 1.54) is 17.8 Å². The van der Waals surface area contributed by atoms with Crippen LogP contribution >= 0.6 is 11.8 Å². The van der Waals surface area contributed by atoms with Crippen LogP contribution in [0.2, 0.25) is 0 Å². The van der Waals surface area contributed by atoms with Gasteiger partial charge in [0.05, 0.1) is 0 Å². The van der Waals surface area contributed by atoms with Gasteiger partial charge in [0, 0.05) is 12.3 Å². The molecule has 230 valence electrons. The lowest BCUT2D eigenvalue weighted by atomic mass is 9.98. The number of amides is 3. The molecule has 0 fully saturated rings. The van der Waals surface area contributed by atoms with Gasteiger partial charge in [-0.25, -0.2) is 9.59 Å². The number of nitrogens with one attached hydrogen (secondary N) is 3. The monoisotopic (exact) mass is 615 g/mol. The molecule has 0 radical (unpaired) electrons. The van der Waals surface area contributed by atoms with Crippen molar-refractivity contribution in [2.24, 2.45) is 0 Å². The largest absolute Gasteiger partial charge is 0.480 e. The third-order valence-corrected chi connectivity index (χ3v) is 8.14. The third-order valence-electron chi connectivity index (χ3n) is 7.50. The summed E-state index contributed by atoms with van der Waals surface area (Å²) in [6, 6.07) is 21.7. The highest BCUT2D eigenvalue weighted by Crippen LogP contribution is 2.44. The van der Waals surface area contributed by atoms with Crippen LogP contribution in [0.1, 0.15) is 35.4 Å². The molecule has 4 rings (SSSR count). The van der Waals surface area contributed by atoms with Gasteiger partial charge in [0.15, 0.2) is 0 Å². The average molecular weight is 616 g/mol. The summed E-state index contributed by atoms with van der Waals surface area (Å²) in [4.78, 5) is 51.3. The van der Waals surface area contributed by atoms with Gasteiger partial charge in [-0.15, -0.1) is 6.58 Å². The first-order valence-electron chi connectivity index (χ1n) is 14.4. The molecular formula is C34H37N3O6S. The quantitative estimate of drug-likeness (QED) is 0.185. The van der Waals surface area contributed by atoms with Crippen LogP contribution in [0.15, 0.2) is 91.5 Å². The van der Waals surface area contributed by atoms with E-state index in [1.807, 2.05) is 60.9 Å². The Hall–Kier alpha value is -4.57. The molecule has 1 aliphatic rings. The Morgan fingerprint density at radius 2 is 1.41 bits per heavy atom. The Bertz CT molecular complexity index is 1440. The van der Waals surface area contributed by atoms with Crippen molar-refractivity contribution in [1.82, 2.24) is 16.0 Å². The maximum Gasteiger partial charge on any atom is 0.407 e. The second-order valence-corrected chi connectivity index (χ2v) is 11.5.